The maximum absolute atomic E-state index is 10.7. The lowest BCUT2D eigenvalue weighted by Gasteiger charge is -2.13. The maximum Gasteiger partial charge on any atom is 0.331 e. The Labute approximate surface area is 74.3 Å². The molecule has 2 nitrogen and oxygen atoms in total. The maximum atomic E-state index is 10.7. The molecule has 0 fully saturated rings. The molecule has 70 valence electrons. The van der Waals surface area contributed by atoms with Crippen LogP contribution in [0.3, 0.4) is 0 Å². The number of carboxylic acid groups (broad SMARTS) is 1. The van der Waals surface area contributed by atoms with Crippen LogP contribution < -0.4 is 0 Å². The van der Waals surface area contributed by atoms with E-state index in [1.807, 2.05) is 33.8 Å². The summed E-state index contributed by atoms with van der Waals surface area (Å²) >= 11 is 0. The summed E-state index contributed by atoms with van der Waals surface area (Å²) in [4.78, 5) is 10.7. The van der Waals surface area contributed by atoms with Gasteiger partial charge in [-0.2, -0.15) is 0 Å². The molecule has 0 spiro atoms. The second-order valence-corrected chi connectivity index (χ2v) is 4.09. The van der Waals surface area contributed by atoms with E-state index in [2.05, 4.69) is 0 Å². The zero-order chi connectivity index (χ0) is 9.78. The minimum absolute atomic E-state index is 0.0388. The van der Waals surface area contributed by atoms with Gasteiger partial charge in [-0.3, -0.25) is 0 Å². The molecule has 0 saturated carbocycles. The smallest absolute Gasteiger partial charge is 0.331 e. The fourth-order valence-electron chi connectivity index (χ4n) is 1.03. The Morgan fingerprint density at radius 3 is 2.17 bits per heavy atom. The number of carboxylic acids is 1. The minimum Gasteiger partial charge on any atom is -0.478 e. The highest BCUT2D eigenvalue weighted by atomic mass is 16.4. The third-order valence-electron chi connectivity index (χ3n) is 1.40. The minimum atomic E-state index is -0.785. The molecule has 2 heteroatoms. The first-order valence-corrected chi connectivity index (χ1v) is 4.32. The molecule has 0 aliphatic carbocycles. The molecule has 0 atom stereocenters. The molecular weight excluding hydrogens is 152 g/mol. The van der Waals surface area contributed by atoms with Crippen LogP contribution in [0.2, 0.25) is 0 Å². The van der Waals surface area contributed by atoms with Gasteiger partial charge in [-0.15, -0.1) is 0 Å². The number of allylic oxidation sites excluding steroid dienone is 1. The molecule has 0 aliphatic rings. The lowest BCUT2D eigenvalue weighted by Crippen LogP contribution is -2.07. The predicted octanol–water partition coefficient (Wildman–Crippen LogP) is 2.84. The van der Waals surface area contributed by atoms with E-state index in [0.29, 0.717) is 12.0 Å². The average molecular weight is 170 g/mol. The van der Waals surface area contributed by atoms with Gasteiger partial charge in [0, 0.05) is 5.57 Å². The molecule has 0 bridgehead atoms. The van der Waals surface area contributed by atoms with E-state index in [0.717, 1.165) is 6.42 Å². The van der Waals surface area contributed by atoms with E-state index < -0.39 is 5.97 Å². The van der Waals surface area contributed by atoms with Crippen molar-refractivity contribution in [1.82, 2.24) is 0 Å². The van der Waals surface area contributed by atoms with Crippen molar-refractivity contribution in [2.45, 2.75) is 40.5 Å². The molecule has 0 saturated heterocycles. The van der Waals surface area contributed by atoms with Gasteiger partial charge in [-0.05, 0) is 11.8 Å². The van der Waals surface area contributed by atoms with E-state index >= 15 is 0 Å². The summed E-state index contributed by atoms with van der Waals surface area (Å²) in [5.41, 5.74) is 0.494. The van der Waals surface area contributed by atoms with Gasteiger partial charge in [0.25, 0.3) is 0 Å². The SMILES string of the molecule is CCCC(=CC(C)(C)C)C(=O)O. The zero-order valence-corrected chi connectivity index (χ0v) is 8.35. The van der Waals surface area contributed by atoms with Crippen molar-refractivity contribution in [1.29, 1.82) is 0 Å². The number of rotatable bonds is 3. The Bertz CT molecular complexity index is 185. The Hall–Kier alpha value is -0.790. The molecule has 1 N–H and O–H groups in total. The topological polar surface area (TPSA) is 37.3 Å². The second kappa shape index (κ2) is 4.29. The number of aliphatic carboxylic acids is 1. The van der Waals surface area contributed by atoms with Crippen LogP contribution in [0.4, 0.5) is 0 Å². The lowest BCUT2D eigenvalue weighted by atomic mass is 9.92. The quantitative estimate of drug-likeness (QED) is 0.661. The van der Waals surface area contributed by atoms with Gasteiger partial charge in [0.1, 0.15) is 0 Å². The number of carbonyl (C=O) groups is 1. The Kier molecular flexibility index (Phi) is 4.01. The highest BCUT2D eigenvalue weighted by Crippen LogP contribution is 2.19. The Morgan fingerprint density at radius 2 is 1.92 bits per heavy atom. The summed E-state index contributed by atoms with van der Waals surface area (Å²) in [6.07, 6.45) is 3.37. The van der Waals surface area contributed by atoms with E-state index in [-0.39, 0.29) is 5.41 Å². The van der Waals surface area contributed by atoms with Crippen LogP contribution in [0, 0.1) is 5.41 Å². The summed E-state index contributed by atoms with van der Waals surface area (Å²) in [5, 5.41) is 8.80. The standard InChI is InChI=1S/C10H18O2/c1-5-6-8(9(11)12)7-10(2,3)4/h7H,5-6H2,1-4H3,(H,11,12). The van der Waals surface area contributed by atoms with Gasteiger partial charge in [0.05, 0.1) is 0 Å². The molecule has 0 aliphatic heterocycles. The normalized spacial score (nSPS) is 13.2. The van der Waals surface area contributed by atoms with Gasteiger partial charge >= 0.3 is 5.97 Å². The van der Waals surface area contributed by atoms with E-state index in [4.69, 9.17) is 5.11 Å². The van der Waals surface area contributed by atoms with Gasteiger partial charge in [-0.25, -0.2) is 4.79 Å². The summed E-state index contributed by atoms with van der Waals surface area (Å²) in [6.45, 7) is 8.00. The first-order valence-electron chi connectivity index (χ1n) is 4.32. The largest absolute Gasteiger partial charge is 0.478 e. The molecule has 0 aromatic carbocycles. The molecular formula is C10H18O2. The third-order valence-corrected chi connectivity index (χ3v) is 1.40. The summed E-state index contributed by atoms with van der Waals surface area (Å²) in [6, 6.07) is 0. The molecule has 0 rings (SSSR count). The first-order chi connectivity index (χ1) is 5.37. The van der Waals surface area contributed by atoms with Gasteiger partial charge in [0.2, 0.25) is 0 Å². The van der Waals surface area contributed by atoms with Crippen LogP contribution >= 0.6 is 0 Å². The Morgan fingerprint density at radius 1 is 1.42 bits per heavy atom. The van der Waals surface area contributed by atoms with Crippen molar-refractivity contribution in [3.05, 3.63) is 11.6 Å². The molecule has 0 aromatic rings. The van der Waals surface area contributed by atoms with Crippen molar-refractivity contribution >= 4 is 5.97 Å². The van der Waals surface area contributed by atoms with Crippen molar-refractivity contribution in [2.75, 3.05) is 0 Å². The average Bonchev–Trinajstić information content (AvgIpc) is 1.83. The van der Waals surface area contributed by atoms with Gasteiger partial charge in [-0.1, -0.05) is 40.2 Å². The van der Waals surface area contributed by atoms with E-state index in [1.54, 1.807) is 0 Å². The van der Waals surface area contributed by atoms with Crippen LogP contribution in [0.1, 0.15) is 40.5 Å². The van der Waals surface area contributed by atoms with Crippen LogP contribution in [0.15, 0.2) is 11.6 Å². The van der Waals surface area contributed by atoms with Crippen LogP contribution in [0.5, 0.6) is 0 Å². The fourth-order valence-corrected chi connectivity index (χ4v) is 1.03. The number of hydrogen-bond donors (Lipinski definition) is 1. The van der Waals surface area contributed by atoms with Gasteiger partial charge in [0.15, 0.2) is 0 Å². The molecule has 0 heterocycles. The van der Waals surface area contributed by atoms with Crippen LogP contribution in [-0.4, -0.2) is 11.1 Å². The summed E-state index contributed by atoms with van der Waals surface area (Å²) in [5.74, 6) is -0.785. The highest BCUT2D eigenvalue weighted by Gasteiger charge is 2.12. The first kappa shape index (κ1) is 11.2. The van der Waals surface area contributed by atoms with Crippen molar-refractivity contribution in [2.24, 2.45) is 5.41 Å². The number of hydrogen-bond acceptors (Lipinski definition) is 1. The van der Waals surface area contributed by atoms with Crippen molar-refractivity contribution in [3.8, 4) is 0 Å². The fraction of sp³-hybridized carbons (Fsp3) is 0.700. The highest BCUT2D eigenvalue weighted by molar-refractivity contribution is 5.86. The molecule has 0 radical (unpaired) electrons. The Balaban J connectivity index is 4.50. The van der Waals surface area contributed by atoms with Gasteiger partial charge < -0.3 is 5.11 Å². The second-order valence-electron chi connectivity index (χ2n) is 4.09. The van der Waals surface area contributed by atoms with Crippen LogP contribution in [0.25, 0.3) is 0 Å². The summed E-state index contributed by atoms with van der Waals surface area (Å²) < 4.78 is 0. The van der Waals surface area contributed by atoms with E-state index in [1.165, 1.54) is 0 Å². The molecule has 12 heavy (non-hydrogen) atoms. The zero-order valence-electron chi connectivity index (χ0n) is 8.35. The summed E-state index contributed by atoms with van der Waals surface area (Å²) in [7, 11) is 0. The van der Waals surface area contributed by atoms with Crippen molar-refractivity contribution in [3.63, 3.8) is 0 Å². The van der Waals surface area contributed by atoms with Crippen LogP contribution in [-0.2, 0) is 4.79 Å². The molecule has 0 amide bonds. The third kappa shape index (κ3) is 4.94. The van der Waals surface area contributed by atoms with E-state index in [9.17, 15) is 4.79 Å². The molecule has 0 aromatic heterocycles. The predicted molar refractivity (Wildman–Crippen MR) is 50.1 cm³/mol. The monoisotopic (exact) mass is 170 g/mol. The molecule has 0 unspecified atom stereocenters. The lowest BCUT2D eigenvalue weighted by molar-refractivity contribution is -0.132. The van der Waals surface area contributed by atoms with Crippen molar-refractivity contribution < 1.29 is 9.90 Å².